The maximum absolute atomic E-state index is 5.55. The fourth-order valence-electron chi connectivity index (χ4n) is 4.86. The van der Waals surface area contributed by atoms with Crippen molar-refractivity contribution in [2.45, 2.75) is 44.7 Å². The minimum Gasteiger partial charge on any atom is -0.381 e. The van der Waals surface area contributed by atoms with E-state index in [-0.39, 0.29) is 0 Å². The van der Waals surface area contributed by atoms with Gasteiger partial charge in [0.1, 0.15) is 5.69 Å². The van der Waals surface area contributed by atoms with Gasteiger partial charge in [-0.05, 0) is 32.6 Å². The highest BCUT2D eigenvalue weighted by Crippen LogP contribution is 2.36. The molecule has 0 spiro atoms. The van der Waals surface area contributed by atoms with Gasteiger partial charge in [-0.1, -0.05) is 30.3 Å². The van der Waals surface area contributed by atoms with E-state index in [4.69, 9.17) is 9.72 Å². The highest BCUT2D eigenvalue weighted by molar-refractivity contribution is 5.77. The van der Waals surface area contributed by atoms with E-state index in [2.05, 4.69) is 50.6 Å². The Morgan fingerprint density at radius 1 is 0.931 bits per heavy atom. The number of aromatic amines is 1. The summed E-state index contributed by atoms with van der Waals surface area (Å²) in [5.74, 6) is 0. The molecule has 2 saturated heterocycles. The van der Waals surface area contributed by atoms with E-state index in [0.29, 0.717) is 12.1 Å². The SMILES string of the molecule is Cc1[nH]cnc1-c1c(-c2ccccc2)ncn1C1CCN(C2CCOCC2)CC1. The lowest BCUT2D eigenvalue weighted by Gasteiger charge is -2.39. The first-order valence-corrected chi connectivity index (χ1v) is 10.8. The lowest BCUT2D eigenvalue weighted by molar-refractivity contribution is 0.0220. The van der Waals surface area contributed by atoms with Gasteiger partial charge in [0.15, 0.2) is 0 Å². The minimum atomic E-state index is 0.460. The van der Waals surface area contributed by atoms with Gasteiger partial charge in [-0.15, -0.1) is 0 Å². The van der Waals surface area contributed by atoms with Crippen molar-refractivity contribution < 1.29 is 4.74 Å². The van der Waals surface area contributed by atoms with Gasteiger partial charge in [0.25, 0.3) is 0 Å². The predicted octanol–water partition coefficient (Wildman–Crippen LogP) is 4.06. The maximum Gasteiger partial charge on any atom is 0.110 e. The lowest BCUT2D eigenvalue weighted by atomic mass is 9.98. The van der Waals surface area contributed by atoms with E-state index in [1.54, 1.807) is 6.33 Å². The van der Waals surface area contributed by atoms with Crippen LogP contribution < -0.4 is 0 Å². The van der Waals surface area contributed by atoms with Crippen LogP contribution in [0.2, 0.25) is 0 Å². The van der Waals surface area contributed by atoms with E-state index >= 15 is 0 Å². The number of benzene rings is 1. The third-order valence-electron chi connectivity index (χ3n) is 6.49. The quantitative estimate of drug-likeness (QED) is 0.728. The molecule has 0 aliphatic carbocycles. The summed E-state index contributed by atoms with van der Waals surface area (Å²) in [6.07, 6.45) is 8.46. The fourth-order valence-corrected chi connectivity index (χ4v) is 4.86. The maximum atomic E-state index is 5.55. The topological polar surface area (TPSA) is 59.0 Å². The molecule has 0 atom stereocenters. The Hall–Kier alpha value is -2.44. The number of piperidine rings is 1. The molecule has 5 rings (SSSR count). The lowest BCUT2D eigenvalue weighted by Crippen LogP contribution is -2.44. The second-order valence-electron chi connectivity index (χ2n) is 8.20. The van der Waals surface area contributed by atoms with Gasteiger partial charge in [-0.25, -0.2) is 9.97 Å². The smallest absolute Gasteiger partial charge is 0.110 e. The number of H-pyrrole nitrogens is 1. The molecule has 2 aliphatic heterocycles. The van der Waals surface area contributed by atoms with Crippen molar-refractivity contribution in [1.82, 2.24) is 24.4 Å². The molecule has 2 aliphatic rings. The molecule has 0 unspecified atom stereocenters. The molecule has 29 heavy (non-hydrogen) atoms. The highest BCUT2D eigenvalue weighted by Gasteiger charge is 2.29. The zero-order valence-electron chi connectivity index (χ0n) is 17.1. The van der Waals surface area contributed by atoms with Gasteiger partial charge in [0.05, 0.1) is 24.0 Å². The van der Waals surface area contributed by atoms with Crippen LogP contribution in [0, 0.1) is 6.92 Å². The Bertz CT molecular complexity index is 933. The van der Waals surface area contributed by atoms with Crippen LogP contribution in [0.1, 0.15) is 37.4 Å². The summed E-state index contributed by atoms with van der Waals surface area (Å²) in [6.45, 7) is 6.20. The van der Waals surface area contributed by atoms with Crippen molar-refractivity contribution in [3.8, 4) is 22.6 Å². The van der Waals surface area contributed by atoms with Gasteiger partial charge < -0.3 is 19.2 Å². The molecule has 1 aromatic carbocycles. The Morgan fingerprint density at radius 3 is 2.38 bits per heavy atom. The van der Waals surface area contributed by atoms with Crippen LogP contribution in [0.4, 0.5) is 0 Å². The number of aryl methyl sites for hydroxylation is 1. The van der Waals surface area contributed by atoms with Crippen LogP contribution >= 0.6 is 0 Å². The molecule has 0 radical (unpaired) electrons. The Morgan fingerprint density at radius 2 is 1.69 bits per heavy atom. The average molecular weight is 392 g/mol. The number of likely N-dealkylation sites (tertiary alicyclic amines) is 1. The van der Waals surface area contributed by atoms with Crippen molar-refractivity contribution in [2.24, 2.45) is 0 Å². The fraction of sp³-hybridized carbons (Fsp3) is 0.478. The Labute approximate surface area is 171 Å². The van der Waals surface area contributed by atoms with E-state index in [1.807, 2.05) is 12.4 Å². The van der Waals surface area contributed by atoms with Crippen LogP contribution in [-0.4, -0.2) is 56.8 Å². The number of hydrogen-bond donors (Lipinski definition) is 1. The van der Waals surface area contributed by atoms with Gasteiger partial charge in [-0.2, -0.15) is 0 Å². The second kappa shape index (κ2) is 8.13. The Kier molecular flexibility index (Phi) is 5.21. The molecule has 4 heterocycles. The van der Waals surface area contributed by atoms with E-state index in [0.717, 1.165) is 67.5 Å². The number of aromatic nitrogens is 4. The number of nitrogens with one attached hydrogen (secondary N) is 1. The van der Waals surface area contributed by atoms with Crippen molar-refractivity contribution in [3.63, 3.8) is 0 Å². The molecule has 2 aromatic heterocycles. The third-order valence-corrected chi connectivity index (χ3v) is 6.49. The molecule has 0 amide bonds. The summed E-state index contributed by atoms with van der Waals surface area (Å²) < 4.78 is 7.93. The summed E-state index contributed by atoms with van der Waals surface area (Å²) >= 11 is 0. The van der Waals surface area contributed by atoms with Crippen molar-refractivity contribution in [1.29, 1.82) is 0 Å². The molecule has 0 saturated carbocycles. The molecule has 0 bridgehead atoms. The molecular weight excluding hydrogens is 362 g/mol. The van der Waals surface area contributed by atoms with Gasteiger partial charge in [0.2, 0.25) is 0 Å². The number of hydrogen-bond acceptors (Lipinski definition) is 4. The van der Waals surface area contributed by atoms with Crippen molar-refractivity contribution in [3.05, 3.63) is 48.7 Å². The van der Waals surface area contributed by atoms with Crippen molar-refractivity contribution >= 4 is 0 Å². The van der Waals surface area contributed by atoms with Gasteiger partial charge in [-0.3, -0.25) is 0 Å². The third kappa shape index (κ3) is 3.63. The van der Waals surface area contributed by atoms with E-state index in [9.17, 15) is 0 Å². The number of imidazole rings is 2. The normalized spacial score (nSPS) is 19.6. The van der Waals surface area contributed by atoms with Gasteiger partial charge >= 0.3 is 0 Å². The first kappa shape index (κ1) is 18.6. The van der Waals surface area contributed by atoms with Crippen LogP contribution in [0.15, 0.2) is 43.0 Å². The molecule has 152 valence electrons. The van der Waals surface area contributed by atoms with Crippen LogP contribution in [0.25, 0.3) is 22.6 Å². The minimum absolute atomic E-state index is 0.460. The molecular formula is C23H29N5O. The summed E-state index contributed by atoms with van der Waals surface area (Å²) in [4.78, 5) is 15.4. The summed E-state index contributed by atoms with van der Waals surface area (Å²) in [6, 6.07) is 11.6. The molecule has 2 fully saturated rings. The van der Waals surface area contributed by atoms with Crippen LogP contribution in [-0.2, 0) is 4.74 Å². The summed E-state index contributed by atoms with van der Waals surface area (Å²) in [5, 5.41) is 0. The number of rotatable bonds is 4. The zero-order chi connectivity index (χ0) is 19.6. The highest BCUT2D eigenvalue weighted by atomic mass is 16.5. The monoisotopic (exact) mass is 391 g/mol. The average Bonchev–Trinajstić information content (AvgIpc) is 3.41. The number of ether oxygens (including phenoxy) is 1. The summed E-state index contributed by atoms with van der Waals surface area (Å²) in [7, 11) is 0. The van der Waals surface area contributed by atoms with Crippen LogP contribution in [0.3, 0.4) is 0 Å². The van der Waals surface area contributed by atoms with E-state index < -0.39 is 0 Å². The van der Waals surface area contributed by atoms with Crippen LogP contribution in [0.5, 0.6) is 0 Å². The summed E-state index contributed by atoms with van der Waals surface area (Å²) in [5.41, 5.74) is 5.40. The predicted molar refractivity (Wildman–Crippen MR) is 114 cm³/mol. The van der Waals surface area contributed by atoms with Crippen molar-refractivity contribution in [2.75, 3.05) is 26.3 Å². The molecule has 1 N–H and O–H groups in total. The second-order valence-corrected chi connectivity index (χ2v) is 8.20. The zero-order valence-corrected chi connectivity index (χ0v) is 17.1. The standard InChI is InChI=1S/C23H29N5O/c1-17-21(25-15-24-17)23-22(18-5-3-2-4-6-18)26-16-28(23)20-7-11-27(12-8-20)19-9-13-29-14-10-19/h2-6,15-16,19-20H,7-14H2,1H3,(H,24,25). The molecule has 6 heteroatoms. The largest absolute Gasteiger partial charge is 0.381 e. The Balaban J connectivity index is 1.43. The first-order valence-electron chi connectivity index (χ1n) is 10.8. The first-order chi connectivity index (χ1) is 14.3. The molecule has 3 aromatic rings. The molecule has 6 nitrogen and oxygen atoms in total. The van der Waals surface area contributed by atoms with Gasteiger partial charge in [0, 0.05) is 49.6 Å². The number of nitrogens with zero attached hydrogens (tertiary/aromatic N) is 4. The van der Waals surface area contributed by atoms with E-state index in [1.165, 1.54) is 12.8 Å².